The third kappa shape index (κ3) is 2.80. The van der Waals surface area contributed by atoms with Crippen molar-refractivity contribution >= 4 is 23.2 Å². The summed E-state index contributed by atoms with van der Waals surface area (Å²) in [5, 5.41) is 9.58. The van der Waals surface area contributed by atoms with Crippen molar-refractivity contribution in [1.82, 2.24) is 14.9 Å². The molecule has 3 aromatic rings. The molecule has 4 rings (SSSR count). The zero-order valence-electron chi connectivity index (χ0n) is 14.1. The van der Waals surface area contributed by atoms with Gasteiger partial charge in [0.15, 0.2) is 0 Å². The quantitative estimate of drug-likeness (QED) is 0.745. The number of carboxylic acid groups (broad SMARTS) is 1. The van der Waals surface area contributed by atoms with Crippen LogP contribution >= 0.6 is 11.3 Å². The number of aromatic amines is 1. The number of fused-ring (bicyclic) bond motifs is 1. The van der Waals surface area contributed by atoms with Gasteiger partial charge < -0.3 is 15.0 Å². The number of imidazole rings is 1. The normalized spacial score (nSPS) is 16.3. The van der Waals surface area contributed by atoms with Crippen LogP contribution in [0.1, 0.15) is 26.6 Å². The fourth-order valence-electron chi connectivity index (χ4n) is 3.28. The Morgan fingerprint density at radius 3 is 2.81 bits per heavy atom. The first kappa shape index (κ1) is 16.5. The van der Waals surface area contributed by atoms with Gasteiger partial charge in [-0.2, -0.15) is 0 Å². The maximum Gasteiger partial charge on any atom is 0.326 e. The lowest BCUT2D eigenvalue weighted by Gasteiger charge is -2.32. The van der Waals surface area contributed by atoms with E-state index in [2.05, 4.69) is 9.97 Å². The standard InChI is InChI=1S/C19H17N3O3S/c1-11-7-16(26-17(11)12-5-3-2-4-6-12)18(23)22-9-14-13(20-10-21-14)8-15(22)19(24)25/h2-7,10,15H,8-9H2,1H3,(H,20,21)(H,24,25). The SMILES string of the molecule is Cc1cc(C(=O)N2Cc3[nH]cnc3CC2C(=O)O)sc1-c1ccccc1. The van der Waals surface area contributed by atoms with Gasteiger partial charge in [0.1, 0.15) is 6.04 Å². The van der Waals surface area contributed by atoms with Crippen molar-refractivity contribution in [3.8, 4) is 10.4 Å². The van der Waals surface area contributed by atoms with E-state index in [-0.39, 0.29) is 18.9 Å². The van der Waals surface area contributed by atoms with Crippen LogP contribution in [-0.4, -0.2) is 37.9 Å². The number of hydrogen-bond acceptors (Lipinski definition) is 4. The summed E-state index contributed by atoms with van der Waals surface area (Å²) in [7, 11) is 0. The second-order valence-corrected chi connectivity index (χ2v) is 7.36. The van der Waals surface area contributed by atoms with Gasteiger partial charge in [-0.25, -0.2) is 9.78 Å². The van der Waals surface area contributed by atoms with E-state index in [9.17, 15) is 14.7 Å². The Morgan fingerprint density at radius 2 is 2.08 bits per heavy atom. The fraction of sp³-hybridized carbons (Fsp3) is 0.211. The van der Waals surface area contributed by atoms with E-state index in [0.29, 0.717) is 10.6 Å². The van der Waals surface area contributed by atoms with Crippen LogP contribution in [0.5, 0.6) is 0 Å². The third-order valence-electron chi connectivity index (χ3n) is 4.61. The summed E-state index contributed by atoms with van der Waals surface area (Å²) in [6.07, 6.45) is 1.76. The second kappa shape index (κ2) is 6.42. The van der Waals surface area contributed by atoms with Crippen LogP contribution in [-0.2, 0) is 17.8 Å². The molecular formula is C19H17N3O3S. The highest BCUT2D eigenvalue weighted by Gasteiger charge is 2.37. The Balaban J connectivity index is 1.68. The molecule has 7 heteroatoms. The van der Waals surface area contributed by atoms with E-state index in [1.165, 1.54) is 16.2 Å². The molecule has 0 bridgehead atoms. The summed E-state index contributed by atoms with van der Waals surface area (Å²) < 4.78 is 0. The number of H-pyrrole nitrogens is 1. The predicted molar refractivity (Wildman–Crippen MR) is 98.1 cm³/mol. The monoisotopic (exact) mass is 367 g/mol. The number of carbonyl (C=O) groups excluding carboxylic acids is 1. The van der Waals surface area contributed by atoms with Crippen LogP contribution in [0.2, 0.25) is 0 Å². The number of carboxylic acids is 1. The first-order chi connectivity index (χ1) is 12.5. The molecule has 0 fully saturated rings. The molecule has 2 N–H and O–H groups in total. The lowest BCUT2D eigenvalue weighted by atomic mass is 10.0. The van der Waals surface area contributed by atoms with Crippen molar-refractivity contribution in [2.75, 3.05) is 0 Å². The molecular weight excluding hydrogens is 350 g/mol. The van der Waals surface area contributed by atoms with Gasteiger partial charge in [0.25, 0.3) is 5.91 Å². The average molecular weight is 367 g/mol. The lowest BCUT2D eigenvalue weighted by Crippen LogP contribution is -2.48. The first-order valence-corrected chi connectivity index (χ1v) is 9.07. The molecule has 26 heavy (non-hydrogen) atoms. The number of rotatable bonds is 3. The molecule has 6 nitrogen and oxygen atoms in total. The smallest absolute Gasteiger partial charge is 0.326 e. The maximum atomic E-state index is 13.1. The fourth-order valence-corrected chi connectivity index (χ4v) is 4.41. The van der Waals surface area contributed by atoms with Gasteiger partial charge in [-0.15, -0.1) is 11.3 Å². The number of thiophene rings is 1. The predicted octanol–water partition coefficient (Wildman–Crippen LogP) is 3.10. The molecule has 3 heterocycles. The van der Waals surface area contributed by atoms with Crippen LogP contribution < -0.4 is 0 Å². The number of aliphatic carboxylic acids is 1. The van der Waals surface area contributed by atoms with Gasteiger partial charge in [0.05, 0.1) is 29.1 Å². The van der Waals surface area contributed by atoms with Crippen molar-refractivity contribution in [3.63, 3.8) is 0 Å². The van der Waals surface area contributed by atoms with Crippen LogP contribution in [0.3, 0.4) is 0 Å². The minimum Gasteiger partial charge on any atom is -0.480 e. The van der Waals surface area contributed by atoms with E-state index in [4.69, 9.17) is 0 Å². The summed E-state index contributed by atoms with van der Waals surface area (Å²) in [5.41, 5.74) is 3.58. The van der Waals surface area contributed by atoms with Crippen molar-refractivity contribution in [2.45, 2.75) is 25.9 Å². The largest absolute Gasteiger partial charge is 0.480 e. The van der Waals surface area contributed by atoms with E-state index in [1.54, 1.807) is 6.33 Å². The van der Waals surface area contributed by atoms with Gasteiger partial charge in [-0.3, -0.25) is 4.79 Å². The van der Waals surface area contributed by atoms with E-state index in [1.807, 2.05) is 43.3 Å². The number of aryl methyl sites for hydroxylation is 1. The minimum atomic E-state index is -1.01. The molecule has 1 amide bonds. The number of aromatic nitrogens is 2. The van der Waals surface area contributed by atoms with Crippen molar-refractivity contribution < 1.29 is 14.7 Å². The molecule has 0 spiro atoms. The number of benzene rings is 1. The Hall–Kier alpha value is -2.93. The summed E-state index contributed by atoms with van der Waals surface area (Å²) in [6.45, 7) is 2.19. The van der Waals surface area contributed by atoms with Gasteiger partial charge in [-0.05, 0) is 24.1 Å². The zero-order chi connectivity index (χ0) is 18.3. The minimum absolute atomic E-state index is 0.218. The molecule has 1 aromatic carbocycles. The molecule has 0 saturated carbocycles. The third-order valence-corrected chi connectivity index (χ3v) is 5.88. The van der Waals surface area contributed by atoms with Gasteiger partial charge >= 0.3 is 5.97 Å². The molecule has 1 aliphatic rings. The van der Waals surface area contributed by atoms with Crippen molar-refractivity contribution in [2.24, 2.45) is 0 Å². The number of nitrogens with zero attached hydrogens (tertiary/aromatic N) is 2. The Bertz CT molecular complexity index is 977. The van der Waals surface area contributed by atoms with Crippen LogP contribution in [0.15, 0.2) is 42.7 Å². The van der Waals surface area contributed by atoms with Gasteiger partial charge in [0.2, 0.25) is 0 Å². The molecule has 0 saturated heterocycles. The molecule has 2 aromatic heterocycles. The van der Waals surface area contributed by atoms with Gasteiger partial charge in [0, 0.05) is 11.3 Å². The van der Waals surface area contributed by atoms with E-state index < -0.39 is 12.0 Å². The summed E-state index contributed by atoms with van der Waals surface area (Å²) in [5.74, 6) is -1.27. The molecule has 0 radical (unpaired) electrons. The zero-order valence-corrected chi connectivity index (χ0v) is 14.9. The highest BCUT2D eigenvalue weighted by molar-refractivity contribution is 7.17. The summed E-state index contributed by atoms with van der Waals surface area (Å²) in [4.78, 5) is 34.9. The second-order valence-electron chi connectivity index (χ2n) is 6.31. The Labute approximate surface area is 154 Å². The maximum absolute atomic E-state index is 13.1. The summed E-state index contributed by atoms with van der Waals surface area (Å²) >= 11 is 1.40. The summed E-state index contributed by atoms with van der Waals surface area (Å²) in [6, 6.07) is 10.8. The number of carbonyl (C=O) groups is 2. The van der Waals surface area contributed by atoms with Crippen LogP contribution in [0.25, 0.3) is 10.4 Å². The highest BCUT2D eigenvalue weighted by atomic mass is 32.1. The average Bonchev–Trinajstić information content (AvgIpc) is 3.26. The van der Waals surface area contributed by atoms with E-state index >= 15 is 0 Å². The highest BCUT2D eigenvalue weighted by Crippen LogP contribution is 2.34. The van der Waals surface area contributed by atoms with Crippen molar-refractivity contribution in [3.05, 3.63) is 64.6 Å². The van der Waals surface area contributed by atoms with Crippen LogP contribution in [0.4, 0.5) is 0 Å². The van der Waals surface area contributed by atoms with Crippen LogP contribution in [0, 0.1) is 6.92 Å². The molecule has 1 unspecified atom stereocenters. The first-order valence-electron chi connectivity index (χ1n) is 8.25. The Morgan fingerprint density at radius 1 is 1.31 bits per heavy atom. The van der Waals surface area contributed by atoms with Crippen molar-refractivity contribution in [1.29, 1.82) is 0 Å². The number of amides is 1. The molecule has 0 aliphatic carbocycles. The molecule has 132 valence electrons. The molecule has 1 atom stereocenters. The lowest BCUT2D eigenvalue weighted by molar-refractivity contribution is -0.142. The van der Waals surface area contributed by atoms with E-state index in [0.717, 1.165) is 21.7 Å². The van der Waals surface area contributed by atoms with Gasteiger partial charge in [-0.1, -0.05) is 30.3 Å². The molecule has 1 aliphatic heterocycles. The topological polar surface area (TPSA) is 86.3 Å². The number of nitrogens with one attached hydrogen (secondary N) is 1. The number of hydrogen-bond donors (Lipinski definition) is 2. The Kier molecular flexibility index (Phi) is 4.08.